The van der Waals surface area contributed by atoms with E-state index >= 15 is 0 Å². The molecule has 0 heterocycles. The van der Waals surface area contributed by atoms with Crippen molar-refractivity contribution in [3.63, 3.8) is 0 Å². The molecule has 1 aromatic rings. The van der Waals surface area contributed by atoms with Crippen LogP contribution >= 0.6 is 11.6 Å². The Morgan fingerprint density at radius 3 is 2.31 bits per heavy atom. The first-order chi connectivity index (χ1) is 15.0. The maximum Gasteiger partial charge on any atom is 0.243 e. The van der Waals surface area contributed by atoms with Crippen molar-refractivity contribution in [1.29, 1.82) is 0 Å². The predicted molar refractivity (Wildman–Crippen MR) is 120 cm³/mol. The minimum atomic E-state index is -3.87. The van der Waals surface area contributed by atoms with Gasteiger partial charge in [-0.15, -0.1) is 0 Å². The fraction of sp³-hybridized carbons (Fsp3) is 0.652. The fourth-order valence-electron chi connectivity index (χ4n) is 6.77. The van der Waals surface area contributed by atoms with Crippen LogP contribution < -0.4 is 11.1 Å². The zero-order chi connectivity index (χ0) is 23.1. The first-order valence-corrected chi connectivity index (χ1v) is 13.2. The van der Waals surface area contributed by atoms with E-state index in [1.807, 2.05) is 6.92 Å². The number of nitrogens with one attached hydrogen (secondary N) is 1. The Morgan fingerprint density at radius 1 is 1.16 bits per heavy atom. The SMILES string of the molecule is Cc1ccc(S(=O)(=O)N(C)C2(C(=O)NC3C4CC5CC3CC(C(N)=O)(C5)C4)CC2)cc1Cl. The molecule has 2 atom stereocenters. The van der Waals surface area contributed by atoms with E-state index in [-0.39, 0.29) is 34.6 Å². The van der Waals surface area contributed by atoms with Crippen LogP contribution in [0.15, 0.2) is 23.1 Å². The van der Waals surface area contributed by atoms with Gasteiger partial charge >= 0.3 is 0 Å². The average Bonchev–Trinajstić information content (AvgIpc) is 3.53. The molecular weight excluding hydrogens is 450 g/mol. The molecule has 0 saturated heterocycles. The number of rotatable bonds is 6. The Bertz CT molecular complexity index is 1080. The van der Waals surface area contributed by atoms with Crippen molar-refractivity contribution in [3.8, 4) is 0 Å². The van der Waals surface area contributed by atoms with Crippen LogP contribution in [0, 0.1) is 30.1 Å². The van der Waals surface area contributed by atoms with Crippen molar-refractivity contribution in [2.24, 2.45) is 28.9 Å². The monoisotopic (exact) mass is 479 g/mol. The van der Waals surface area contributed by atoms with E-state index in [9.17, 15) is 18.0 Å². The number of nitrogens with two attached hydrogens (primary N) is 1. The van der Waals surface area contributed by atoms with Gasteiger partial charge in [0.15, 0.2) is 0 Å². The number of likely N-dealkylation sites (N-methyl/N-ethyl adjacent to an activating group) is 1. The van der Waals surface area contributed by atoms with E-state index in [0.29, 0.717) is 23.8 Å². The van der Waals surface area contributed by atoms with Gasteiger partial charge in [-0.2, -0.15) is 4.31 Å². The van der Waals surface area contributed by atoms with Crippen LogP contribution in [0.25, 0.3) is 0 Å². The highest BCUT2D eigenvalue weighted by Gasteiger charge is 2.61. The third-order valence-electron chi connectivity index (χ3n) is 8.64. The molecule has 5 aliphatic carbocycles. The zero-order valence-electron chi connectivity index (χ0n) is 18.4. The summed E-state index contributed by atoms with van der Waals surface area (Å²) < 4.78 is 27.8. The average molecular weight is 480 g/mol. The lowest BCUT2D eigenvalue weighted by atomic mass is 9.47. The minimum Gasteiger partial charge on any atom is -0.369 e. The molecule has 32 heavy (non-hydrogen) atoms. The maximum atomic E-state index is 13.4. The van der Waals surface area contributed by atoms with Gasteiger partial charge in [0.25, 0.3) is 0 Å². The maximum absolute atomic E-state index is 13.4. The molecule has 0 radical (unpaired) electrons. The van der Waals surface area contributed by atoms with Crippen molar-refractivity contribution < 1.29 is 18.0 Å². The number of sulfonamides is 1. The zero-order valence-corrected chi connectivity index (χ0v) is 20.0. The van der Waals surface area contributed by atoms with Gasteiger partial charge in [0.1, 0.15) is 5.54 Å². The van der Waals surface area contributed by atoms with Gasteiger partial charge in [0.2, 0.25) is 21.8 Å². The van der Waals surface area contributed by atoms with Gasteiger partial charge in [0, 0.05) is 23.5 Å². The summed E-state index contributed by atoms with van der Waals surface area (Å²) in [6.07, 6.45) is 5.31. The number of primary amides is 1. The van der Waals surface area contributed by atoms with Crippen LogP contribution in [0.5, 0.6) is 0 Å². The lowest BCUT2D eigenvalue weighted by molar-refractivity contribution is -0.148. The highest BCUT2D eigenvalue weighted by Crippen LogP contribution is 2.60. The normalized spacial score (nSPS) is 34.5. The number of halogens is 1. The number of nitrogens with zero attached hydrogens (tertiary/aromatic N) is 1. The number of amides is 2. The molecule has 0 aliphatic heterocycles. The van der Waals surface area contributed by atoms with Crippen molar-refractivity contribution in [2.45, 2.75) is 68.3 Å². The first-order valence-electron chi connectivity index (χ1n) is 11.3. The summed E-state index contributed by atoms with van der Waals surface area (Å²) in [5, 5.41) is 3.60. The van der Waals surface area contributed by atoms with Gasteiger partial charge in [-0.05, 0) is 87.3 Å². The Hall–Kier alpha value is -1.64. The molecule has 1 aromatic carbocycles. The van der Waals surface area contributed by atoms with Crippen LogP contribution in [-0.4, -0.2) is 43.2 Å². The standard InChI is InChI=1S/C23H30ClN3O4S/c1-13-3-4-17(9-18(13)24)32(30,31)27(2)23(5-6-23)21(29)26-19-15-7-14-8-16(19)12-22(10-14,11-15)20(25)28/h3-4,9,14-16,19H,5-8,10-12H2,1-2H3,(H2,25,28)(H,26,29). The van der Waals surface area contributed by atoms with Crippen LogP contribution in [0.2, 0.25) is 5.02 Å². The van der Waals surface area contributed by atoms with E-state index in [2.05, 4.69) is 5.32 Å². The van der Waals surface area contributed by atoms with Crippen LogP contribution in [-0.2, 0) is 19.6 Å². The molecule has 3 N–H and O–H groups in total. The lowest BCUT2D eigenvalue weighted by Gasteiger charge is -2.59. The molecule has 5 aliphatic rings. The molecule has 0 aromatic heterocycles. The van der Waals surface area contributed by atoms with E-state index in [1.54, 1.807) is 6.07 Å². The molecule has 4 bridgehead atoms. The molecule has 6 rings (SSSR count). The third-order valence-corrected chi connectivity index (χ3v) is 11.0. The molecular formula is C23H30ClN3O4S. The number of aryl methyl sites for hydroxylation is 1. The number of hydrogen-bond acceptors (Lipinski definition) is 4. The van der Waals surface area contributed by atoms with E-state index < -0.39 is 21.0 Å². The second-order valence-corrected chi connectivity index (χ2v) is 12.9. The quantitative estimate of drug-likeness (QED) is 0.653. The summed E-state index contributed by atoms with van der Waals surface area (Å²) in [5.74, 6) is 0.519. The predicted octanol–water partition coefficient (Wildman–Crippen LogP) is 2.60. The molecule has 0 spiro atoms. The molecule has 5 fully saturated rings. The van der Waals surface area contributed by atoms with Crippen molar-refractivity contribution >= 4 is 33.4 Å². The summed E-state index contributed by atoms with van der Waals surface area (Å²) in [6, 6.07) is 4.63. The minimum absolute atomic E-state index is 0.0195. The topological polar surface area (TPSA) is 110 Å². The molecule has 5 saturated carbocycles. The number of carbonyl (C=O) groups excluding carboxylic acids is 2. The highest BCUT2D eigenvalue weighted by molar-refractivity contribution is 7.89. The van der Waals surface area contributed by atoms with E-state index in [4.69, 9.17) is 17.3 Å². The lowest BCUT2D eigenvalue weighted by Crippen LogP contribution is -2.64. The summed E-state index contributed by atoms with van der Waals surface area (Å²) in [5.41, 5.74) is 5.09. The summed E-state index contributed by atoms with van der Waals surface area (Å²) in [4.78, 5) is 25.7. The van der Waals surface area contributed by atoms with Crippen molar-refractivity contribution in [1.82, 2.24) is 9.62 Å². The molecule has 7 nitrogen and oxygen atoms in total. The van der Waals surface area contributed by atoms with Crippen LogP contribution in [0.4, 0.5) is 0 Å². The largest absolute Gasteiger partial charge is 0.369 e. The third kappa shape index (κ3) is 3.21. The Kier molecular flexibility index (Phi) is 4.97. The van der Waals surface area contributed by atoms with Gasteiger partial charge in [-0.3, -0.25) is 9.59 Å². The molecule has 2 amide bonds. The smallest absolute Gasteiger partial charge is 0.243 e. The van der Waals surface area contributed by atoms with Gasteiger partial charge in [-0.25, -0.2) is 8.42 Å². The summed E-state index contributed by atoms with van der Waals surface area (Å²) >= 11 is 6.15. The van der Waals surface area contributed by atoms with E-state index in [1.165, 1.54) is 23.5 Å². The highest BCUT2D eigenvalue weighted by atomic mass is 35.5. The first kappa shape index (κ1) is 22.2. The number of hydrogen-bond donors (Lipinski definition) is 2. The second kappa shape index (κ2) is 7.18. The second-order valence-electron chi connectivity index (χ2n) is 10.5. The van der Waals surface area contributed by atoms with Gasteiger partial charge in [0.05, 0.1) is 4.90 Å². The Balaban J connectivity index is 1.35. The molecule has 174 valence electrons. The molecule has 2 unspecified atom stereocenters. The number of carbonyl (C=O) groups is 2. The Labute approximate surface area is 194 Å². The number of benzene rings is 1. The van der Waals surface area contributed by atoms with Crippen LogP contribution in [0.3, 0.4) is 0 Å². The molecule has 9 heteroatoms. The van der Waals surface area contributed by atoms with E-state index in [0.717, 1.165) is 37.7 Å². The summed E-state index contributed by atoms with van der Waals surface area (Å²) in [6.45, 7) is 1.81. The Morgan fingerprint density at radius 2 is 1.78 bits per heavy atom. The van der Waals surface area contributed by atoms with Crippen molar-refractivity contribution in [3.05, 3.63) is 28.8 Å². The fourth-order valence-corrected chi connectivity index (χ4v) is 8.57. The summed E-state index contributed by atoms with van der Waals surface area (Å²) in [7, 11) is -2.39. The van der Waals surface area contributed by atoms with Crippen LogP contribution in [0.1, 0.15) is 50.5 Å². The van der Waals surface area contributed by atoms with Crippen molar-refractivity contribution in [2.75, 3.05) is 7.05 Å². The van der Waals surface area contributed by atoms with Gasteiger partial charge in [-0.1, -0.05) is 17.7 Å². The van der Waals surface area contributed by atoms with Gasteiger partial charge < -0.3 is 11.1 Å².